The second-order valence-electron chi connectivity index (χ2n) is 5.96. The fraction of sp³-hybridized carbons (Fsp3) is 0.786. The van der Waals surface area contributed by atoms with Crippen molar-refractivity contribution in [3.8, 4) is 0 Å². The highest BCUT2D eigenvalue weighted by atomic mass is 79.9. The van der Waals surface area contributed by atoms with E-state index in [0.29, 0.717) is 12.5 Å². The smallest absolute Gasteiger partial charge is 0.0738 e. The van der Waals surface area contributed by atoms with Crippen LogP contribution in [0.1, 0.15) is 17.8 Å². The van der Waals surface area contributed by atoms with E-state index in [-0.39, 0.29) is 6.10 Å². The Morgan fingerprint density at radius 3 is 2.65 bits per heavy atom. The van der Waals surface area contributed by atoms with E-state index < -0.39 is 0 Å². The van der Waals surface area contributed by atoms with Gasteiger partial charge in [-0.3, -0.25) is 4.68 Å². The van der Waals surface area contributed by atoms with Gasteiger partial charge >= 0.3 is 0 Å². The lowest BCUT2D eigenvalue weighted by Crippen LogP contribution is -2.51. The van der Waals surface area contributed by atoms with Gasteiger partial charge in [0.2, 0.25) is 0 Å². The number of hydrogen-bond donors (Lipinski definition) is 1. The van der Waals surface area contributed by atoms with Crippen LogP contribution < -0.4 is 0 Å². The minimum absolute atomic E-state index is 0.333. The molecule has 1 aliphatic rings. The molecule has 0 radical (unpaired) electrons. The van der Waals surface area contributed by atoms with Crippen molar-refractivity contribution in [1.29, 1.82) is 0 Å². The third kappa shape index (κ3) is 3.61. The van der Waals surface area contributed by atoms with Crippen molar-refractivity contribution in [3.05, 3.63) is 15.9 Å². The highest BCUT2D eigenvalue weighted by molar-refractivity contribution is 9.10. The summed E-state index contributed by atoms with van der Waals surface area (Å²) in [5.74, 6) is 0. The molecule has 1 saturated heterocycles. The molecule has 0 spiro atoms. The third-order valence-electron chi connectivity index (χ3n) is 4.21. The lowest BCUT2D eigenvalue weighted by Gasteiger charge is -2.38. The molecule has 0 amide bonds. The van der Waals surface area contributed by atoms with E-state index in [2.05, 4.69) is 44.9 Å². The first-order chi connectivity index (χ1) is 9.38. The lowest BCUT2D eigenvalue weighted by molar-refractivity contribution is 0.0631. The highest BCUT2D eigenvalue weighted by Crippen LogP contribution is 2.23. The summed E-state index contributed by atoms with van der Waals surface area (Å²) in [6.45, 7) is 5.18. The molecule has 1 fully saturated rings. The second-order valence-corrected chi connectivity index (χ2v) is 6.75. The van der Waals surface area contributed by atoms with E-state index in [9.17, 15) is 5.11 Å². The summed E-state index contributed by atoms with van der Waals surface area (Å²) in [6, 6.07) is 0.428. The van der Waals surface area contributed by atoms with E-state index in [4.69, 9.17) is 0 Å². The molecule has 2 heterocycles. The van der Waals surface area contributed by atoms with Gasteiger partial charge in [0.25, 0.3) is 0 Å². The predicted octanol–water partition coefficient (Wildman–Crippen LogP) is 1.03. The molecule has 6 heteroatoms. The van der Waals surface area contributed by atoms with Gasteiger partial charge in [0.05, 0.1) is 22.0 Å². The van der Waals surface area contributed by atoms with E-state index in [0.717, 1.165) is 41.9 Å². The molecule has 2 rings (SSSR count). The van der Waals surface area contributed by atoms with Crippen molar-refractivity contribution < 1.29 is 5.11 Å². The van der Waals surface area contributed by atoms with Crippen LogP contribution in [0, 0.1) is 6.92 Å². The number of aliphatic hydroxyl groups excluding tert-OH is 1. The number of aromatic nitrogens is 2. The van der Waals surface area contributed by atoms with E-state index in [1.54, 1.807) is 0 Å². The van der Waals surface area contributed by atoms with Crippen LogP contribution in [0.3, 0.4) is 0 Å². The molecule has 20 heavy (non-hydrogen) atoms. The summed E-state index contributed by atoms with van der Waals surface area (Å²) in [5.41, 5.74) is 2.05. The van der Waals surface area contributed by atoms with Crippen LogP contribution in [0.4, 0.5) is 0 Å². The zero-order chi connectivity index (χ0) is 14.9. The van der Waals surface area contributed by atoms with Gasteiger partial charge in [-0.25, -0.2) is 0 Å². The zero-order valence-corrected chi connectivity index (χ0v) is 14.4. The summed E-state index contributed by atoms with van der Waals surface area (Å²) in [4.78, 5) is 4.69. The molecule has 1 aromatic rings. The van der Waals surface area contributed by atoms with E-state index in [1.165, 1.54) is 0 Å². The number of hydrogen-bond acceptors (Lipinski definition) is 4. The standard InChI is InChI=1S/C14H25BrN4O/c1-10-14(15)13(19(4)16-10)8-12(20)7-11-9-17(2)5-6-18(11)3/h11-12,20H,5-9H2,1-4H3. The monoisotopic (exact) mass is 344 g/mol. The molecule has 0 aromatic carbocycles. The van der Waals surface area contributed by atoms with Crippen LogP contribution in [0.5, 0.6) is 0 Å². The minimum Gasteiger partial charge on any atom is -0.393 e. The molecule has 0 aliphatic carbocycles. The number of aryl methyl sites for hydroxylation is 2. The normalized spacial score (nSPS) is 23.2. The van der Waals surface area contributed by atoms with Gasteiger partial charge in [-0.1, -0.05) is 0 Å². The first-order valence-corrected chi connectivity index (χ1v) is 7.92. The van der Waals surface area contributed by atoms with Crippen molar-refractivity contribution in [3.63, 3.8) is 0 Å². The summed E-state index contributed by atoms with van der Waals surface area (Å²) in [7, 11) is 6.22. The Bertz CT molecular complexity index is 462. The number of piperazine rings is 1. The number of rotatable bonds is 4. The van der Waals surface area contributed by atoms with Gasteiger partial charge in [0.1, 0.15) is 0 Å². The molecule has 0 bridgehead atoms. The summed E-state index contributed by atoms with van der Waals surface area (Å²) in [6.07, 6.45) is 1.11. The number of nitrogens with zero attached hydrogens (tertiary/aromatic N) is 4. The maximum absolute atomic E-state index is 10.4. The summed E-state index contributed by atoms with van der Waals surface area (Å²) in [5, 5.41) is 14.8. The maximum atomic E-state index is 10.4. The van der Waals surface area contributed by atoms with Gasteiger partial charge in [-0.2, -0.15) is 5.10 Å². The maximum Gasteiger partial charge on any atom is 0.0738 e. The fourth-order valence-corrected chi connectivity index (χ4v) is 3.38. The average Bonchev–Trinajstić information content (AvgIpc) is 2.61. The molecule has 1 aliphatic heterocycles. The van der Waals surface area contributed by atoms with Crippen molar-refractivity contribution in [2.75, 3.05) is 33.7 Å². The Morgan fingerprint density at radius 1 is 1.35 bits per heavy atom. The molecular formula is C14H25BrN4O. The first kappa shape index (κ1) is 15.9. The zero-order valence-electron chi connectivity index (χ0n) is 12.8. The fourth-order valence-electron chi connectivity index (χ4n) is 2.88. The Morgan fingerprint density at radius 2 is 2.05 bits per heavy atom. The van der Waals surface area contributed by atoms with Crippen LogP contribution in [-0.2, 0) is 13.5 Å². The van der Waals surface area contributed by atoms with Crippen molar-refractivity contribution in [1.82, 2.24) is 19.6 Å². The summed E-state index contributed by atoms with van der Waals surface area (Å²) < 4.78 is 2.88. The van der Waals surface area contributed by atoms with Gasteiger partial charge in [-0.15, -0.1) is 0 Å². The average molecular weight is 345 g/mol. The number of likely N-dealkylation sites (N-methyl/N-ethyl adjacent to an activating group) is 2. The highest BCUT2D eigenvalue weighted by Gasteiger charge is 2.25. The van der Waals surface area contributed by atoms with E-state index in [1.807, 2.05) is 18.7 Å². The molecule has 1 aromatic heterocycles. The van der Waals surface area contributed by atoms with Crippen molar-refractivity contribution in [2.45, 2.75) is 31.9 Å². The van der Waals surface area contributed by atoms with Crippen LogP contribution in [-0.4, -0.2) is 70.6 Å². The third-order valence-corrected chi connectivity index (χ3v) is 5.25. The Hall–Kier alpha value is -0.430. The van der Waals surface area contributed by atoms with Crippen molar-refractivity contribution >= 4 is 15.9 Å². The van der Waals surface area contributed by atoms with E-state index >= 15 is 0 Å². The summed E-state index contributed by atoms with van der Waals surface area (Å²) >= 11 is 3.56. The topological polar surface area (TPSA) is 44.5 Å². The van der Waals surface area contributed by atoms with Crippen LogP contribution in [0.15, 0.2) is 4.47 Å². The largest absolute Gasteiger partial charge is 0.393 e. The molecule has 0 saturated carbocycles. The Balaban J connectivity index is 1.96. The van der Waals surface area contributed by atoms with Gasteiger partial charge < -0.3 is 14.9 Å². The van der Waals surface area contributed by atoms with Crippen LogP contribution >= 0.6 is 15.9 Å². The Labute approximate surface area is 129 Å². The molecule has 2 atom stereocenters. The van der Waals surface area contributed by atoms with Crippen LogP contribution in [0.2, 0.25) is 0 Å². The quantitative estimate of drug-likeness (QED) is 0.885. The molecule has 1 N–H and O–H groups in total. The number of halogens is 1. The van der Waals surface area contributed by atoms with Gasteiger partial charge in [0, 0.05) is 39.1 Å². The minimum atomic E-state index is -0.333. The predicted molar refractivity (Wildman–Crippen MR) is 83.9 cm³/mol. The molecular weight excluding hydrogens is 320 g/mol. The second kappa shape index (κ2) is 6.56. The van der Waals surface area contributed by atoms with Crippen molar-refractivity contribution in [2.24, 2.45) is 7.05 Å². The molecule has 114 valence electrons. The van der Waals surface area contributed by atoms with Crippen LogP contribution in [0.25, 0.3) is 0 Å². The van der Waals surface area contributed by atoms with Gasteiger partial charge in [0.15, 0.2) is 0 Å². The first-order valence-electron chi connectivity index (χ1n) is 7.13. The number of aliphatic hydroxyl groups is 1. The molecule has 2 unspecified atom stereocenters. The lowest BCUT2D eigenvalue weighted by atomic mass is 10.0. The molecule has 5 nitrogen and oxygen atoms in total. The Kier molecular flexibility index (Phi) is 5.23. The van der Waals surface area contributed by atoms with Gasteiger partial charge in [-0.05, 0) is 43.4 Å². The SMILES string of the molecule is Cc1nn(C)c(CC(O)CC2CN(C)CCN2C)c1Br.